The summed E-state index contributed by atoms with van der Waals surface area (Å²) in [5.41, 5.74) is 4.85. The SMILES string of the molecule is c1ccc2c(N=c3n(-c4cccc5ccccc45)c4nc5ccccc5c5ccccc5n3-4)cccc2c1. The molecule has 0 fully saturated rings. The summed E-state index contributed by atoms with van der Waals surface area (Å²) in [6.45, 7) is 0. The molecule has 0 aromatic heterocycles. The molecule has 0 N–H and O–H groups in total. The predicted octanol–water partition coefficient (Wildman–Crippen LogP) is 7.95. The van der Waals surface area contributed by atoms with Crippen molar-refractivity contribution in [1.29, 1.82) is 0 Å². The number of para-hydroxylation sites is 2. The first kappa shape index (κ1) is 20.9. The van der Waals surface area contributed by atoms with Gasteiger partial charge in [-0.25, -0.2) is 19.1 Å². The van der Waals surface area contributed by atoms with E-state index < -0.39 is 0 Å². The molecule has 6 aromatic rings. The normalized spacial score (nSPS) is 12.4. The smallest absolute Gasteiger partial charge is 0.225 e. The summed E-state index contributed by atoms with van der Waals surface area (Å²) in [7, 11) is 0. The second-order valence-electron chi connectivity index (χ2n) is 9.53. The number of rotatable bonds is 2. The van der Waals surface area contributed by atoms with Gasteiger partial charge in [-0.05, 0) is 35.0 Å². The summed E-state index contributed by atoms with van der Waals surface area (Å²) >= 11 is 0. The zero-order valence-corrected chi connectivity index (χ0v) is 20.5. The van der Waals surface area contributed by atoms with Crippen LogP contribution in [-0.4, -0.2) is 14.1 Å². The Hall–Kier alpha value is -5.22. The fourth-order valence-electron chi connectivity index (χ4n) is 5.58. The highest BCUT2D eigenvalue weighted by Crippen LogP contribution is 2.31. The lowest BCUT2D eigenvalue weighted by Gasteiger charge is -2.24. The quantitative estimate of drug-likeness (QED) is 0.244. The van der Waals surface area contributed by atoms with Crippen molar-refractivity contribution in [2.24, 2.45) is 4.99 Å². The molecule has 0 amide bonds. The Kier molecular flexibility index (Phi) is 4.49. The fraction of sp³-hybridized carbons (Fsp3) is 0. The minimum Gasteiger partial charge on any atom is -0.248 e. The first-order chi connectivity index (χ1) is 18.9. The van der Waals surface area contributed by atoms with Crippen LogP contribution in [0.3, 0.4) is 0 Å². The van der Waals surface area contributed by atoms with E-state index in [-0.39, 0.29) is 0 Å². The molecule has 0 bridgehead atoms. The highest BCUT2D eigenvalue weighted by molar-refractivity contribution is 6.04. The van der Waals surface area contributed by atoms with Crippen molar-refractivity contribution in [1.82, 2.24) is 14.1 Å². The van der Waals surface area contributed by atoms with Gasteiger partial charge >= 0.3 is 0 Å². The summed E-state index contributed by atoms with van der Waals surface area (Å²) in [6.07, 6.45) is 0. The Labute approximate surface area is 218 Å². The Balaban J connectivity index is 1.60. The molecule has 2 heterocycles. The van der Waals surface area contributed by atoms with Crippen molar-refractivity contribution in [3.63, 3.8) is 0 Å². The van der Waals surface area contributed by atoms with E-state index in [1.165, 1.54) is 10.8 Å². The van der Waals surface area contributed by atoms with Gasteiger partial charge in [0.1, 0.15) is 0 Å². The van der Waals surface area contributed by atoms with Crippen LogP contribution in [0, 0.1) is 0 Å². The van der Waals surface area contributed by atoms with Gasteiger partial charge in [0.15, 0.2) is 0 Å². The molecule has 0 spiro atoms. The average molecular weight is 487 g/mol. The topological polar surface area (TPSA) is 35.1 Å². The number of hydrogen-bond donors (Lipinski definition) is 0. The fourth-order valence-corrected chi connectivity index (χ4v) is 5.58. The van der Waals surface area contributed by atoms with Gasteiger partial charge in [-0.3, -0.25) is 0 Å². The number of aromatic nitrogens is 3. The number of benzene rings is 6. The largest absolute Gasteiger partial charge is 0.248 e. The summed E-state index contributed by atoms with van der Waals surface area (Å²) in [6, 6.07) is 46.5. The van der Waals surface area contributed by atoms with Gasteiger partial charge in [0.05, 0.1) is 22.4 Å². The van der Waals surface area contributed by atoms with Crippen LogP contribution in [0.1, 0.15) is 0 Å². The molecule has 4 nitrogen and oxygen atoms in total. The number of hydrogen-bond acceptors (Lipinski definition) is 2. The molecule has 2 aliphatic heterocycles. The third-order valence-electron chi connectivity index (χ3n) is 7.35. The van der Waals surface area contributed by atoms with E-state index >= 15 is 0 Å². The predicted molar refractivity (Wildman–Crippen MR) is 156 cm³/mol. The van der Waals surface area contributed by atoms with Crippen molar-refractivity contribution in [2.75, 3.05) is 0 Å². The minimum atomic E-state index is 0.830. The maximum atomic E-state index is 5.33. The summed E-state index contributed by atoms with van der Waals surface area (Å²) < 4.78 is 4.39. The maximum absolute atomic E-state index is 5.33. The van der Waals surface area contributed by atoms with E-state index in [4.69, 9.17) is 9.98 Å². The van der Waals surface area contributed by atoms with Crippen LogP contribution < -0.4 is 5.62 Å². The van der Waals surface area contributed by atoms with Crippen molar-refractivity contribution in [2.45, 2.75) is 0 Å². The van der Waals surface area contributed by atoms with E-state index in [1.54, 1.807) is 0 Å². The maximum Gasteiger partial charge on any atom is 0.225 e. The highest BCUT2D eigenvalue weighted by Gasteiger charge is 2.24. The van der Waals surface area contributed by atoms with E-state index in [0.717, 1.165) is 55.5 Å². The molecule has 2 aliphatic rings. The standard InChI is InChI=1S/C34H22N4/c1-3-15-25-23(11-1)13-9-20-29(25)35-33-37(31-22-10-14-24-12-2-4-16-26(24)31)34-36-30-19-7-5-17-27(30)28-18-6-8-21-32(28)38(33)34/h1-22H. The van der Waals surface area contributed by atoms with Crippen LogP contribution in [0.25, 0.3) is 55.0 Å². The second-order valence-corrected chi connectivity index (χ2v) is 9.53. The molecule has 0 saturated carbocycles. The van der Waals surface area contributed by atoms with Crippen LogP contribution in [0.2, 0.25) is 0 Å². The van der Waals surface area contributed by atoms with Gasteiger partial charge in [-0.1, -0.05) is 109 Å². The molecule has 178 valence electrons. The molecule has 8 rings (SSSR count). The molecule has 4 heteroatoms. The van der Waals surface area contributed by atoms with Crippen LogP contribution in [0.15, 0.2) is 138 Å². The van der Waals surface area contributed by atoms with Crippen molar-refractivity contribution < 1.29 is 0 Å². The summed E-state index contributed by atoms with van der Waals surface area (Å²) in [5.74, 6) is 0.845. The van der Waals surface area contributed by atoms with Gasteiger partial charge < -0.3 is 0 Å². The Morgan fingerprint density at radius 1 is 0.474 bits per heavy atom. The van der Waals surface area contributed by atoms with Crippen LogP contribution in [0.5, 0.6) is 0 Å². The Bertz CT molecular complexity index is 2190. The van der Waals surface area contributed by atoms with Crippen LogP contribution in [0.4, 0.5) is 5.69 Å². The first-order valence-corrected chi connectivity index (χ1v) is 12.8. The lowest BCUT2D eigenvalue weighted by Crippen LogP contribution is -2.41. The van der Waals surface area contributed by atoms with Crippen molar-refractivity contribution >= 4 is 49.0 Å². The zero-order chi connectivity index (χ0) is 25.1. The summed E-state index contributed by atoms with van der Waals surface area (Å²) in [4.78, 5) is 10.6. The molecule has 0 saturated heterocycles. The first-order valence-electron chi connectivity index (χ1n) is 12.8. The number of nitrogens with zero attached hydrogens (tertiary/aromatic N) is 4. The van der Waals surface area contributed by atoms with Crippen LogP contribution in [-0.2, 0) is 0 Å². The molecule has 0 atom stereocenters. The van der Waals surface area contributed by atoms with E-state index in [9.17, 15) is 0 Å². The number of fused-ring (bicyclic) bond motifs is 7. The molecule has 38 heavy (non-hydrogen) atoms. The lowest BCUT2D eigenvalue weighted by atomic mass is 10.1. The molecule has 0 radical (unpaired) electrons. The second kappa shape index (κ2) is 8.15. The van der Waals surface area contributed by atoms with Crippen LogP contribution >= 0.6 is 0 Å². The van der Waals surface area contributed by atoms with Gasteiger partial charge in [0.2, 0.25) is 11.6 Å². The Morgan fingerprint density at radius 2 is 1.08 bits per heavy atom. The molecule has 0 unspecified atom stereocenters. The Morgan fingerprint density at radius 3 is 1.92 bits per heavy atom. The molecular formula is C34H22N4. The van der Waals surface area contributed by atoms with Gasteiger partial charge in [0.25, 0.3) is 0 Å². The third-order valence-corrected chi connectivity index (χ3v) is 7.35. The van der Waals surface area contributed by atoms with Crippen molar-refractivity contribution in [3.05, 3.63) is 139 Å². The van der Waals surface area contributed by atoms with E-state index in [1.807, 2.05) is 6.07 Å². The summed E-state index contributed by atoms with van der Waals surface area (Å²) in [5, 5.41) is 6.90. The van der Waals surface area contributed by atoms with Gasteiger partial charge in [-0.2, -0.15) is 0 Å². The molecule has 0 aliphatic carbocycles. The van der Waals surface area contributed by atoms with Crippen molar-refractivity contribution in [3.8, 4) is 11.6 Å². The molecule has 6 aromatic carbocycles. The van der Waals surface area contributed by atoms with Gasteiger partial charge in [-0.15, -0.1) is 0 Å². The minimum absolute atomic E-state index is 0.830. The highest BCUT2D eigenvalue weighted by atomic mass is 15.4. The third kappa shape index (κ3) is 3.04. The zero-order valence-electron chi connectivity index (χ0n) is 20.5. The molecular weight excluding hydrogens is 464 g/mol. The van der Waals surface area contributed by atoms with E-state index in [0.29, 0.717) is 0 Å². The van der Waals surface area contributed by atoms with Gasteiger partial charge in [0, 0.05) is 21.5 Å². The lowest BCUT2D eigenvalue weighted by molar-refractivity contribution is 0.677. The monoisotopic (exact) mass is 486 g/mol. The average Bonchev–Trinajstić information content (AvgIpc) is 3.09. The van der Waals surface area contributed by atoms with E-state index in [2.05, 4.69) is 137 Å².